The third-order valence-corrected chi connectivity index (χ3v) is 6.78. The molecule has 184 valence electrons. The van der Waals surface area contributed by atoms with E-state index in [1.807, 2.05) is 91.0 Å². The van der Waals surface area contributed by atoms with Crippen molar-refractivity contribution in [2.24, 2.45) is 0 Å². The standard InChI is InChI=1S/C29H28N2O4S/c1-36(33,34)31(21-23-11-5-2-6-12-23)26-17-19-27(20-18-26)35-22-28(32)30-29(24-13-7-3-8-14-24)25-15-9-4-10-16-25/h2-20,29H,21-22H2,1H3,(H,30,32). The van der Waals surface area contributed by atoms with Crippen LogP contribution in [0.25, 0.3) is 0 Å². The zero-order chi connectivity index (χ0) is 25.4. The van der Waals surface area contributed by atoms with Gasteiger partial charge in [0.15, 0.2) is 6.61 Å². The number of ether oxygens (including phenoxy) is 1. The van der Waals surface area contributed by atoms with Crippen molar-refractivity contribution in [1.82, 2.24) is 5.32 Å². The Kier molecular flexibility index (Phi) is 8.02. The van der Waals surface area contributed by atoms with Gasteiger partial charge in [0.1, 0.15) is 5.75 Å². The Hall–Kier alpha value is -4.10. The number of benzene rings is 4. The highest BCUT2D eigenvalue weighted by atomic mass is 32.2. The number of nitrogens with one attached hydrogen (secondary N) is 1. The first kappa shape index (κ1) is 25.0. The number of carbonyl (C=O) groups excluding carboxylic acids is 1. The molecule has 0 fully saturated rings. The fourth-order valence-corrected chi connectivity index (χ4v) is 4.75. The Balaban J connectivity index is 1.41. The van der Waals surface area contributed by atoms with Crippen LogP contribution < -0.4 is 14.4 Å². The lowest BCUT2D eigenvalue weighted by atomic mass is 9.99. The molecule has 1 amide bonds. The van der Waals surface area contributed by atoms with E-state index >= 15 is 0 Å². The quantitative estimate of drug-likeness (QED) is 0.335. The van der Waals surface area contributed by atoms with Crippen LogP contribution in [0.2, 0.25) is 0 Å². The monoisotopic (exact) mass is 500 g/mol. The van der Waals surface area contributed by atoms with Crippen LogP contribution in [-0.2, 0) is 21.4 Å². The zero-order valence-electron chi connectivity index (χ0n) is 19.9. The molecule has 0 bridgehead atoms. The minimum absolute atomic E-state index is 0.171. The van der Waals surface area contributed by atoms with Gasteiger partial charge in [0.25, 0.3) is 5.91 Å². The van der Waals surface area contributed by atoms with Gasteiger partial charge in [-0.25, -0.2) is 8.42 Å². The molecule has 0 saturated carbocycles. The van der Waals surface area contributed by atoms with Crippen molar-refractivity contribution in [2.45, 2.75) is 12.6 Å². The summed E-state index contributed by atoms with van der Waals surface area (Å²) in [5.41, 5.74) is 3.35. The Labute approximate surface area is 212 Å². The number of anilines is 1. The first-order valence-electron chi connectivity index (χ1n) is 11.5. The zero-order valence-corrected chi connectivity index (χ0v) is 20.8. The van der Waals surface area contributed by atoms with Crippen molar-refractivity contribution in [3.05, 3.63) is 132 Å². The molecule has 4 aromatic carbocycles. The van der Waals surface area contributed by atoms with Crippen molar-refractivity contribution >= 4 is 21.6 Å². The smallest absolute Gasteiger partial charge is 0.258 e. The lowest BCUT2D eigenvalue weighted by Gasteiger charge is -2.23. The molecule has 4 aromatic rings. The Bertz CT molecular complexity index is 1320. The van der Waals surface area contributed by atoms with Crippen molar-refractivity contribution in [3.63, 3.8) is 0 Å². The molecule has 0 saturated heterocycles. The van der Waals surface area contributed by atoms with E-state index in [2.05, 4.69) is 5.32 Å². The Morgan fingerprint density at radius 1 is 0.778 bits per heavy atom. The van der Waals surface area contributed by atoms with Gasteiger partial charge in [0.2, 0.25) is 10.0 Å². The molecule has 6 nitrogen and oxygen atoms in total. The van der Waals surface area contributed by atoms with E-state index < -0.39 is 10.0 Å². The molecule has 0 aliphatic carbocycles. The summed E-state index contributed by atoms with van der Waals surface area (Å²) in [7, 11) is -3.49. The van der Waals surface area contributed by atoms with Gasteiger partial charge in [-0.3, -0.25) is 9.10 Å². The second-order valence-electron chi connectivity index (χ2n) is 8.36. The topological polar surface area (TPSA) is 75.7 Å². The fourth-order valence-electron chi connectivity index (χ4n) is 3.86. The third kappa shape index (κ3) is 6.73. The molecule has 0 radical (unpaired) electrons. The summed E-state index contributed by atoms with van der Waals surface area (Å²) in [6.45, 7) is 0.0535. The first-order chi connectivity index (χ1) is 17.4. The average molecular weight is 501 g/mol. The second-order valence-corrected chi connectivity index (χ2v) is 10.3. The van der Waals surface area contributed by atoms with Crippen LogP contribution in [-0.4, -0.2) is 27.2 Å². The maximum absolute atomic E-state index is 12.8. The predicted molar refractivity (Wildman–Crippen MR) is 142 cm³/mol. The molecule has 7 heteroatoms. The summed E-state index contributed by atoms with van der Waals surface area (Å²) in [6.07, 6.45) is 1.18. The molecule has 0 aliphatic heterocycles. The molecule has 1 N–H and O–H groups in total. The van der Waals surface area contributed by atoms with Gasteiger partial charge in [0.05, 0.1) is 24.5 Å². The van der Waals surface area contributed by atoms with Crippen LogP contribution in [0, 0.1) is 0 Å². The molecule has 0 unspecified atom stereocenters. The molecular weight excluding hydrogens is 472 g/mol. The lowest BCUT2D eigenvalue weighted by molar-refractivity contribution is -0.123. The van der Waals surface area contributed by atoms with Crippen LogP contribution in [0.1, 0.15) is 22.7 Å². The maximum Gasteiger partial charge on any atom is 0.258 e. The SMILES string of the molecule is CS(=O)(=O)N(Cc1ccccc1)c1ccc(OCC(=O)NC(c2ccccc2)c2ccccc2)cc1. The fraction of sp³-hybridized carbons (Fsp3) is 0.138. The highest BCUT2D eigenvalue weighted by molar-refractivity contribution is 7.92. The second kappa shape index (κ2) is 11.6. The lowest BCUT2D eigenvalue weighted by Crippen LogP contribution is -2.33. The molecule has 0 atom stereocenters. The van der Waals surface area contributed by atoms with Crippen molar-refractivity contribution in [2.75, 3.05) is 17.2 Å². The van der Waals surface area contributed by atoms with E-state index in [4.69, 9.17) is 4.74 Å². The summed E-state index contributed by atoms with van der Waals surface area (Å²) in [6, 6.07) is 35.3. The molecule has 0 aliphatic rings. The van der Waals surface area contributed by atoms with Crippen molar-refractivity contribution in [1.29, 1.82) is 0 Å². The van der Waals surface area contributed by atoms with Crippen LogP contribution in [0.5, 0.6) is 5.75 Å². The van der Waals surface area contributed by atoms with Crippen LogP contribution in [0.15, 0.2) is 115 Å². The van der Waals surface area contributed by atoms with E-state index in [1.165, 1.54) is 10.6 Å². The Morgan fingerprint density at radius 3 is 1.78 bits per heavy atom. The van der Waals surface area contributed by atoms with E-state index in [1.54, 1.807) is 24.3 Å². The van der Waals surface area contributed by atoms with Crippen LogP contribution >= 0.6 is 0 Å². The van der Waals surface area contributed by atoms with E-state index in [0.29, 0.717) is 11.4 Å². The summed E-state index contributed by atoms with van der Waals surface area (Å²) in [5.74, 6) is 0.205. The van der Waals surface area contributed by atoms with Gasteiger partial charge < -0.3 is 10.1 Å². The summed E-state index contributed by atoms with van der Waals surface area (Å²) >= 11 is 0. The molecule has 0 aromatic heterocycles. The van der Waals surface area contributed by atoms with E-state index in [0.717, 1.165) is 16.7 Å². The minimum atomic E-state index is -3.49. The third-order valence-electron chi connectivity index (χ3n) is 5.64. The largest absolute Gasteiger partial charge is 0.484 e. The highest BCUT2D eigenvalue weighted by Gasteiger charge is 2.19. The van der Waals surface area contributed by atoms with E-state index in [9.17, 15) is 13.2 Å². The molecular formula is C29H28N2O4S. The molecule has 0 heterocycles. The molecule has 36 heavy (non-hydrogen) atoms. The number of carbonyl (C=O) groups is 1. The number of sulfonamides is 1. The van der Waals surface area contributed by atoms with Crippen molar-refractivity contribution in [3.8, 4) is 5.75 Å². The van der Waals surface area contributed by atoms with E-state index in [-0.39, 0.29) is 25.1 Å². The van der Waals surface area contributed by atoms with Gasteiger partial charge in [0, 0.05) is 0 Å². The first-order valence-corrected chi connectivity index (χ1v) is 13.4. The summed E-state index contributed by atoms with van der Waals surface area (Å²) in [4.78, 5) is 12.8. The average Bonchev–Trinajstić information content (AvgIpc) is 2.90. The number of rotatable bonds is 10. The van der Waals surface area contributed by atoms with Gasteiger partial charge in [-0.1, -0.05) is 91.0 Å². The number of hydrogen-bond acceptors (Lipinski definition) is 4. The van der Waals surface area contributed by atoms with Crippen molar-refractivity contribution < 1.29 is 17.9 Å². The normalized spacial score (nSPS) is 11.2. The molecule has 0 spiro atoms. The number of nitrogens with zero attached hydrogens (tertiary/aromatic N) is 1. The van der Waals surface area contributed by atoms with Gasteiger partial charge in [-0.05, 0) is 41.0 Å². The predicted octanol–water partition coefficient (Wildman–Crippen LogP) is 4.94. The highest BCUT2D eigenvalue weighted by Crippen LogP contribution is 2.24. The number of amides is 1. The maximum atomic E-state index is 12.8. The van der Waals surface area contributed by atoms with Crippen LogP contribution in [0.4, 0.5) is 5.69 Å². The summed E-state index contributed by atoms with van der Waals surface area (Å²) in [5, 5.41) is 3.05. The Morgan fingerprint density at radius 2 is 1.28 bits per heavy atom. The van der Waals surface area contributed by atoms with Gasteiger partial charge >= 0.3 is 0 Å². The van der Waals surface area contributed by atoms with Crippen LogP contribution in [0.3, 0.4) is 0 Å². The van der Waals surface area contributed by atoms with Gasteiger partial charge in [-0.2, -0.15) is 0 Å². The number of hydrogen-bond donors (Lipinski definition) is 1. The van der Waals surface area contributed by atoms with Gasteiger partial charge in [-0.15, -0.1) is 0 Å². The minimum Gasteiger partial charge on any atom is -0.484 e. The molecule has 4 rings (SSSR count). The summed E-state index contributed by atoms with van der Waals surface area (Å²) < 4.78 is 31.9.